The lowest BCUT2D eigenvalue weighted by molar-refractivity contribution is -0.141. The van der Waals surface area contributed by atoms with E-state index in [0.29, 0.717) is 11.8 Å². The molecule has 22 heavy (non-hydrogen) atoms. The number of hydrogen-bond donors (Lipinski definition) is 1. The Balaban J connectivity index is 1.72. The first-order chi connectivity index (χ1) is 10.6. The lowest BCUT2D eigenvalue weighted by atomic mass is 9.95. The van der Waals surface area contributed by atoms with Crippen LogP contribution in [-0.2, 0) is 4.79 Å². The van der Waals surface area contributed by atoms with Crippen LogP contribution in [0.2, 0.25) is 0 Å². The molecule has 1 aromatic rings. The van der Waals surface area contributed by atoms with Crippen molar-refractivity contribution < 1.29 is 4.79 Å². The van der Waals surface area contributed by atoms with Crippen LogP contribution in [-0.4, -0.2) is 53.5 Å². The summed E-state index contributed by atoms with van der Waals surface area (Å²) in [5, 5.41) is 0. The zero-order chi connectivity index (χ0) is 15.7. The summed E-state index contributed by atoms with van der Waals surface area (Å²) in [7, 11) is 0. The van der Waals surface area contributed by atoms with Crippen LogP contribution < -0.4 is 5.73 Å². The summed E-state index contributed by atoms with van der Waals surface area (Å²) in [6, 6.07) is 10.9. The number of rotatable bonds is 3. The third-order valence-corrected chi connectivity index (χ3v) is 5.13. The Labute approximate surface area is 133 Å². The maximum absolute atomic E-state index is 12.7. The average Bonchev–Trinajstić information content (AvgIpc) is 2.90. The molecule has 2 N–H and O–H groups in total. The largest absolute Gasteiger partial charge is 0.339 e. The van der Waals surface area contributed by atoms with Gasteiger partial charge in [-0.3, -0.25) is 9.69 Å². The topological polar surface area (TPSA) is 49.6 Å². The highest BCUT2D eigenvalue weighted by molar-refractivity contribution is 5.83. The average molecular weight is 301 g/mol. The van der Waals surface area contributed by atoms with Crippen LogP contribution >= 0.6 is 0 Å². The predicted molar refractivity (Wildman–Crippen MR) is 88.6 cm³/mol. The number of likely N-dealkylation sites (tertiary alicyclic amines) is 2. The second kappa shape index (κ2) is 6.39. The third kappa shape index (κ3) is 2.90. The van der Waals surface area contributed by atoms with Crippen molar-refractivity contribution in [3.05, 3.63) is 35.9 Å². The van der Waals surface area contributed by atoms with Gasteiger partial charge >= 0.3 is 0 Å². The number of carbonyl (C=O) groups excluding carboxylic acids is 1. The first-order valence-electron chi connectivity index (χ1n) is 8.43. The highest BCUT2D eigenvalue weighted by atomic mass is 16.2. The number of benzene rings is 1. The molecule has 0 bridgehead atoms. The molecule has 0 radical (unpaired) electrons. The molecule has 2 aliphatic rings. The summed E-state index contributed by atoms with van der Waals surface area (Å²) >= 11 is 0. The first kappa shape index (κ1) is 15.5. The van der Waals surface area contributed by atoms with E-state index in [2.05, 4.69) is 43.0 Å². The van der Waals surface area contributed by atoms with Gasteiger partial charge in [-0.05, 0) is 32.3 Å². The molecule has 0 aliphatic carbocycles. The van der Waals surface area contributed by atoms with Gasteiger partial charge in [-0.1, -0.05) is 30.3 Å². The van der Waals surface area contributed by atoms with Crippen LogP contribution in [0.25, 0.3) is 0 Å². The van der Waals surface area contributed by atoms with E-state index >= 15 is 0 Å². The van der Waals surface area contributed by atoms with E-state index < -0.39 is 0 Å². The standard InChI is InChI=1S/C18H27N3O/c1-13(2)21-10-6-9-17(18(21)22)20-11-15(16(19)12-20)14-7-4-3-5-8-14/h3-5,7-8,13,15-17H,6,9-12,19H2,1-2H3/t15-,16+,17?/m0/s1. The van der Waals surface area contributed by atoms with E-state index in [4.69, 9.17) is 5.73 Å². The summed E-state index contributed by atoms with van der Waals surface area (Å²) in [6.07, 6.45) is 2.06. The molecule has 2 saturated heterocycles. The van der Waals surface area contributed by atoms with E-state index in [9.17, 15) is 4.79 Å². The monoisotopic (exact) mass is 301 g/mol. The molecule has 1 unspecified atom stereocenters. The smallest absolute Gasteiger partial charge is 0.240 e. The van der Waals surface area contributed by atoms with Gasteiger partial charge in [0.2, 0.25) is 5.91 Å². The Hall–Kier alpha value is -1.39. The number of nitrogens with two attached hydrogens (primary N) is 1. The molecule has 3 atom stereocenters. The molecule has 4 nitrogen and oxygen atoms in total. The Bertz CT molecular complexity index is 516. The minimum absolute atomic E-state index is 0.0240. The van der Waals surface area contributed by atoms with Gasteiger partial charge in [0.05, 0.1) is 6.04 Å². The second-order valence-corrected chi connectivity index (χ2v) is 6.92. The van der Waals surface area contributed by atoms with E-state index in [1.54, 1.807) is 0 Å². The van der Waals surface area contributed by atoms with Crippen molar-refractivity contribution >= 4 is 5.91 Å². The Morgan fingerprint density at radius 2 is 1.91 bits per heavy atom. The minimum atomic E-state index is 0.0240. The van der Waals surface area contributed by atoms with Crippen LogP contribution in [0.15, 0.2) is 30.3 Å². The Morgan fingerprint density at radius 1 is 1.18 bits per heavy atom. The van der Waals surface area contributed by atoms with Gasteiger partial charge in [0.15, 0.2) is 0 Å². The van der Waals surface area contributed by atoms with Gasteiger partial charge in [0, 0.05) is 37.6 Å². The number of nitrogens with zero attached hydrogens (tertiary/aromatic N) is 2. The molecular formula is C18H27N3O. The Kier molecular flexibility index (Phi) is 4.50. The number of carbonyl (C=O) groups is 1. The summed E-state index contributed by atoms with van der Waals surface area (Å²) in [6.45, 7) is 6.82. The molecule has 4 heteroatoms. The highest BCUT2D eigenvalue weighted by Crippen LogP contribution is 2.30. The summed E-state index contributed by atoms with van der Waals surface area (Å²) in [4.78, 5) is 17.1. The van der Waals surface area contributed by atoms with Crippen LogP contribution in [0.1, 0.15) is 38.2 Å². The van der Waals surface area contributed by atoms with Gasteiger partial charge in [0.25, 0.3) is 0 Å². The summed E-state index contributed by atoms with van der Waals surface area (Å²) < 4.78 is 0. The molecule has 2 aliphatic heterocycles. The van der Waals surface area contributed by atoms with E-state index in [0.717, 1.165) is 32.5 Å². The molecule has 0 saturated carbocycles. The fraction of sp³-hybridized carbons (Fsp3) is 0.611. The fourth-order valence-corrected chi connectivity index (χ4v) is 3.90. The third-order valence-electron chi connectivity index (χ3n) is 5.13. The van der Waals surface area contributed by atoms with Crippen molar-refractivity contribution in [2.24, 2.45) is 5.73 Å². The highest BCUT2D eigenvalue weighted by Gasteiger charge is 2.40. The SMILES string of the molecule is CC(C)N1CCCC(N2C[C@@H](N)[C@H](c3ccccc3)C2)C1=O. The maximum Gasteiger partial charge on any atom is 0.240 e. The van der Waals surface area contributed by atoms with Crippen molar-refractivity contribution in [1.29, 1.82) is 0 Å². The van der Waals surface area contributed by atoms with Crippen molar-refractivity contribution in [3.63, 3.8) is 0 Å². The lowest BCUT2D eigenvalue weighted by Gasteiger charge is -2.39. The molecule has 1 aromatic carbocycles. The quantitative estimate of drug-likeness (QED) is 0.926. The number of amides is 1. The van der Waals surface area contributed by atoms with Gasteiger partial charge in [-0.15, -0.1) is 0 Å². The van der Waals surface area contributed by atoms with E-state index in [1.807, 2.05) is 11.0 Å². The molecule has 1 amide bonds. The molecule has 2 fully saturated rings. The van der Waals surface area contributed by atoms with Crippen LogP contribution in [0.5, 0.6) is 0 Å². The normalized spacial score (nSPS) is 30.3. The molecule has 0 spiro atoms. The van der Waals surface area contributed by atoms with Crippen molar-refractivity contribution in [3.8, 4) is 0 Å². The van der Waals surface area contributed by atoms with Crippen LogP contribution in [0, 0.1) is 0 Å². The predicted octanol–water partition coefficient (Wildman–Crippen LogP) is 1.81. The van der Waals surface area contributed by atoms with Gasteiger partial charge in [0.1, 0.15) is 0 Å². The molecule has 120 valence electrons. The first-order valence-corrected chi connectivity index (χ1v) is 8.43. The molecule has 2 heterocycles. The van der Waals surface area contributed by atoms with E-state index in [1.165, 1.54) is 5.56 Å². The zero-order valence-corrected chi connectivity index (χ0v) is 13.6. The van der Waals surface area contributed by atoms with Crippen molar-refractivity contribution in [2.75, 3.05) is 19.6 Å². The van der Waals surface area contributed by atoms with Crippen molar-refractivity contribution in [2.45, 2.75) is 50.7 Å². The van der Waals surface area contributed by atoms with Crippen LogP contribution in [0.4, 0.5) is 0 Å². The molecule has 0 aromatic heterocycles. The maximum atomic E-state index is 12.7. The number of hydrogen-bond acceptors (Lipinski definition) is 3. The van der Waals surface area contributed by atoms with Gasteiger partial charge in [-0.2, -0.15) is 0 Å². The Morgan fingerprint density at radius 3 is 2.59 bits per heavy atom. The summed E-state index contributed by atoms with van der Waals surface area (Å²) in [5.74, 6) is 0.630. The van der Waals surface area contributed by atoms with Gasteiger partial charge in [-0.25, -0.2) is 0 Å². The van der Waals surface area contributed by atoms with Gasteiger partial charge < -0.3 is 10.6 Å². The summed E-state index contributed by atoms with van der Waals surface area (Å²) in [5.41, 5.74) is 7.67. The second-order valence-electron chi connectivity index (χ2n) is 6.92. The molecular weight excluding hydrogens is 274 g/mol. The van der Waals surface area contributed by atoms with Crippen molar-refractivity contribution in [1.82, 2.24) is 9.80 Å². The molecule has 3 rings (SSSR count). The number of piperidine rings is 1. The minimum Gasteiger partial charge on any atom is -0.339 e. The fourth-order valence-electron chi connectivity index (χ4n) is 3.90. The zero-order valence-electron chi connectivity index (χ0n) is 13.6. The van der Waals surface area contributed by atoms with Crippen LogP contribution in [0.3, 0.4) is 0 Å². The lowest BCUT2D eigenvalue weighted by Crippen LogP contribution is -2.54. The van der Waals surface area contributed by atoms with E-state index in [-0.39, 0.29) is 18.1 Å².